The van der Waals surface area contributed by atoms with E-state index < -0.39 is 0 Å². The number of Topliss-reactive ketones (excluding diaryl/α,β-unsaturated/α-hetero) is 1. The first kappa shape index (κ1) is 10.2. The van der Waals surface area contributed by atoms with Crippen LogP contribution in [0.1, 0.15) is 26.2 Å². The lowest BCUT2D eigenvalue weighted by molar-refractivity contribution is -0.148. The number of ketones is 1. The van der Waals surface area contributed by atoms with Crippen molar-refractivity contribution in [3.63, 3.8) is 0 Å². The van der Waals surface area contributed by atoms with E-state index in [4.69, 9.17) is 9.47 Å². The maximum atomic E-state index is 11.6. The molecule has 4 nitrogen and oxygen atoms in total. The van der Waals surface area contributed by atoms with Crippen LogP contribution in [0.2, 0.25) is 0 Å². The number of hydrogen-bond donors (Lipinski definition) is 0. The molecule has 1 unspecified atom stereocenters. The fourth-order valence-corrected chi connectivity index (χ4v) is 2.11. The maximum Gasteiger partial charge on any atom is 0.316 e. The van der Waals surface area contributed by atoms with Gasteiger partial charge in [-0.15, -0.1) is 0 Å². The zero-order chi connectivity index (χ0) is 10.8. The molecule has 4 heteroatoms. The third-order valence-electron chi connectivity index (χ3n) is 2.80. The van der Waals surface area contributed by atoms with E-state index in [1.807, 2.05) is 0 Å². The van der Waals surface area contributed by atoms with Crippen LogP contribution in [0, 0.1) is 5.92 Å². The normalized spacial score (nSPS) is 24.9. The SMILES string of the molecule is CCOC(=O)C1CCCC2=C1OCC2=O. The number of hydrogen-bond acceptors (Lipinski definition) is 4. The highest BCUT2D eigenvalue weighted by Gasteiger charge is 2.37. The Morgan fingerprint density at radius 1 is 1.60 bits per heavy atom. The van der Waals surface area contributed by atoms with Crippen molar-refractivity contribution in [2.75, 3.05) is 13.2 Å². The van der Waals surface area contributed by atoms with Crippen molar-refractivity contribution in [3.8, 4) is 0 Å². The molecule has 0 N–H and O–H groups in total. The first-order valence-electron chi connectivity index (χ1n) is 5.29. The molecule has 82 valence electrons. The summed E-state index contributed by atoms with van der Waals surface area (Å²) in [5.74, 6) is -0.0109. The van der Waals surface area contributed by atoms with Crippen LogP contribution in [-0.2, 0) is 19.1 Å². The standard InChI is InChI=1S/C11H14O4/c1-2-14-11(13)8-5-3-4-7-9(12)6-15-10(7)8/h8H,2-6H2,1H3. The molecule has 0 fully saturated rings. The zero-order valence-electron chi connectivity index (χ0n) is 8.75. The lowest BCUT2D eigenvalue weighted by Gasteiger charge is -2.20. The van der Waals surface area contributed by atoms with Crippen LogP contribution >= 0.6 is 0 Å². The highest BCUT2D eigenvalue weighted by molar-refractivity contribution is 6.00. The van der Waals surface area contributed by atoms with Crippen molar-refractivity contribution in [2.45, 2.75) is 26.2 Å². The molecule has 1 aliphatic heterocycles. The molecule has 0 saturated carbocycles. The Bertz CT molecular complexity index is 329. The Hall–Kier alpha value is -1.32. The number of carbonyl (C=O) groups is 2. The Morgan fingerprint density at radius 2 is 2.40 bits per heavy atom. The van der Waals surface area contributed by atoms with E-state index in [2.05, 4.69) is 0 Å². The van der Waals surface area contributed by atoms with Gasteiger partial charge in [-0.25, -0.2) is 0 Å². The van der Waals surface area contributed by atoms with E-state index in [1.165, 1.54) is 0 Å². The van der Waals surface area contributed by atoms with Crippen molar-refractivity contribution < 1.29 is 19.1 Å². The van der Waals surface area contributed by atoms with Crippen LogP contribution in [0.3, 0.4) is 0 Å². The summed E-state index contributed by atoms with van der Waals surface area (Å²) in [5.41, 5.74) is 0.708. The summed E-state index contributed by atoms with van der Waals surface area (Å²) < 4.78 is 10.2. The van der Waals surface area contributed by atoms with E-state index in [0.717, 1.165) is 19.3 Å². The van der Waals surface area contributed by atoms with E-state index in [9.17, 15) is 9.59 Å². The summed E-state index contributed by atoms with van der Waals surface area (Å²) in [6, 6.07) is 0. The van der Waals surface area contributed by atoms with Crippen LogP contribution < -0.4 is 0 Å². The molecular weight excluding hydrogens is 196 g/mol. The van der Waals surface area contributed by atoms with Gasteiger partial charge in [-0.05, 0) is 26.2 Å². The smallest absolute Gasteiger partial charge is 0.316 e. The maximum absolute atomic E-state index is 11.6. The zero-order valence-corrected chi connectivity index (χ0v) is 8.75. The Kier molecular flexibility index (Phi) is 2.75. The first-order valence-corrected chi connectivity index (χ1v) is 5.29. The van der Waals surface area contributed by atoms with Crippen LogP contribution in [0.4, 0.5) is 0 Å². The third kappa shape index (κ3) is 1.76. The lowest BCUT2D eigenvalue weighted by atomic mass is 9.88. The molecule has 2 aliphatic rings. The molecule has 0 aromatic carbocycles. The second-order valence-corrected chi connectivity index (χ2v) is 3.75. The minimum atomic E-state index is -0.347. The Balaban J connectivity index is 2.19. The third-order valence-corrected chi connectivity index (χ3v) is 2.80. The van der Waals surface area contributed by atoms with Gasteiger partial charge in [0, 0.05) is 5.57 Å². The van der Waals surface area contributed by atoms with Crippen molar-refractivity contribution in [3.05, 3.63) is 11.3 Å². The fourth-order valence-electron chi connectivity index (χ4n) is 2.11. The molecule has 2 rings (SSSR count). The van der Waals surface area contributed by atoms with Crippen molar-refractivity contribution in [2.24, 2.45) is 5.92 Å². The quantitative estimate of drug-likeness (QED) is 0.643. The average molecular weight is 210 g/mol. The highest BCUT2D eigenvalue weighted by atomic mass is 16.5. The van der Waals surface area contributed by atoms with Gasteiger partial charge in [0.25, 0.3) is 0 Å². The average Bonchev–Trinajstić information content (AvgIpc) is 2.61. The van der Waals surface area contributed by atoms with Gasteiger partial charge in [0.1, 0.15) is 11.7 Å². The second kappa shape index (κ2) is 4.04. The summed E-state index contributed by atoms with van der Waals surface area (Å²) in [6.07, 6.45) is 2.33. The number of esters is 1. The molecule has 0 saturated heterocycles. The van der Waals surface area contributed by atoms with Gasteiger partial charge in [0.05, 0.1) is 6.61 Å². The minimum absolute atomic E-state index is 0.0269. The minimum Gasteiger partial charge on any atom is -0.488 e. The van der Waals surface area contributed by atoms with Gasteiger partial charge in [-0.1, -0.05) is 0 Å². The monoisotopic (exact) mass is 210 g/mol. The van der Waals surface area contributed by atoms with Gasteiger partial charge in [0.2, 0.25) is 0 Å². The van der Waals surface area contributed by atoms with E-state index in [0.29, 0.717) is 17.9 Å². The molecule has 1 atom stereocenters. The summed E-state index contributed by atoms with van der Waals surface area (Å²) in [6.45, 7) is 2.24. The van der Waals surface area contributed by atoms with Gasteiger partial charge in [-0.3, -0.25) is 9.59 Å². The largest absolute Gasteiger partial charge is 0.488 e. The van der Waals surface area contributed by atoms with Crippen molar-refractivity contribution >= 4 is 11.8 Å². The van der Waals surface area contributed by atoms with Crippen molar-refractivity contribution in [1.29, 1.82) is 0 Å². The number of rotatable bonds is 2. The molecule has 0 radical (unpaired) electrons. The predicted molar refractivity (Wildman–Crippen MR) is 52.0 cm³/mol. The molecule has 0 bridgehead atoms. The van der Waals surface area contributed by atoms with Gasteiger partial charge in [0.15, 0.2) is 12.4 Å². The van der Waals surface area contributed by atoms with Crippen LogP contribution in [0.5, 0.6) is 0 Å². The van der Waals surface area contributed by atoms with E-state index in [-0.39, 0.29) is 24.3 Å². The fraction of sp³-hybridized carbons (Fsp3) is 0.636. The number of ether oxygens (including phenoxy) is 2. The summed E-state index contributed by atoms with van der Waals surface area (Å²) in [7, 11) is 0. The molecule has 0 aromatic heterocycles. The molecule has 0 amide bonds. The predicted octanol–water partition coefficient (Wildman–Crippen LogP) is 1.20. The summed E-state index contributed by atoms with van der Waals surface area (Å²) in [5, 5.41) is 0. The van der Waals surface area contributed by atoms with Gasteiger partial charge in [-0.2, -0.15) is 0 Å². The molecule has 0 spiro atoms. The van der Waals surface area contributed by atoms with Crippen LogP contribution in [0.25, 0.3) is 0 Å². The molecule has 0 aromatic rings. The Labute approximate surface area is 88.2 Å². The van der Waals surface area contributed by atoms with Crippen molar-refractivity contribution in [1.82, 2.24) is 0 Å². The first-order chi connectivity index (χ1) is 7.24. The Morgan fingerprint density at radius 3 is 3.13 bits per heavy atom. The van der Waals surface area contributed by atoms with E-state index in [1.54, 1.807) is 6.92 Å². The van der Waals surface area contributed by atoms with Gasteiger partial charge < -0.3 is 9.47 Å². The van der Waals surface area contributed by atoms with Crippen LogP contribution in [0.15, 0.2) is 11.3 Å². The molecule has 15 heavy (non-hydrogen) atoms. The summed E-state index contributed by atoms with van der Waals surface area (Å²) in [4.78, 5) is 23.0. The van der Waals surface area contributed by atoms with Gasteiger partial charge >= 0.3 is 5.97 Å². The molecular formula is C11H14O4. The number of carbonyl (C=O) groups excluding carboxylic acids is 2. The second-order valence-electron chi connectivity index (χ2n) is 3.75. The molecule has 1 heterocycles. The highest BCUT2D eigenvalue weighted by Crippen LogP contribution is 2.35. The molecule has 1 aliphatic carbocycles. The van der Waals surface area contributed by atoms with Crippen LogP contribution in [-0.4, -0.2) is 25.0 Å². The summed E-state index contributed by atoms with van der Waals surface area (Å²) >= 11 is 0. The lowest BCUT2D eigenvalue weighted by Crippen LogP contribution is -2.23. The topological polar surface area (TPSA) is 52.6 Å². The van der Waals surface area contributed by atoms with E-state index >= 15 is 0 Å².